The molecule has 37 heavy (non-hydrogen) atoms. The Kier molecular flexibility index (Phi) is 8.72. The Labute approximate surface area is 216 Å². The second kappa shape index (κ2) is 11.4. The van der Waals surface area contributed by atoms with Crippen molar-refractivity contribution in [2.24, 2.45) is 0 Å². The lowest BCUT2D eigenvalue weighted by molar-refractivity contribution is -0.0500. The molecule has 3 rings (SSSR count). The maximum absolute atomic E-state index is 13.5. The van der Waals surface area contributed by atoms with Crippen molar-refractivity contribution in [3.63, 3.8) is 0 Å². The van der Waals surface area contributed by atoms with Crippen LogP contribution in [0.1, 0.15) is 27.7 Å². The summed E-state index contributed by atoms with van der Waals surface area (Å²) in [5.41, 5.74) is 0.465. The van der Waals surface area contributed by atoms with Crippen molar-refractivity contribution in [3.8, 4) is 11.5 Å². The Morgan fingerprint density at radius 2 is 1.76 bits per heavy atom. The van der Waals surface area contributed by atoms with E-state index in [1.807, 2.05) is 25.7 Å². The average Bonchev–Trinajstić information content (AvgIpc) is 2.83. The molecule has 2 aromatic rings. The van der Waals surface area contributed by atoms with E-state index in [9.17, 15) is 22.0 Å². The van der Waals surface area contributed by atoms with E-state index in [4.69, 9.17) is 9.47 Å². The molecule has 1 fully saturated rings. The molecule has 0 aliphatic carbocycles. The van der Waals surface area contributed by atoms with Gasteiger partial charge in [0.05, 0.1) is 23.4 Å². The Morgan fingerprint density at radius 3 is 2.32 bits per heavy atom. The van der Waals surface area contributed by atoms with Crippen LogP contribution in [-0.4, -0.2) is 71.5 Å². The van der Waals surface area contributed by atoms with Gasteiger partial charge in [-0.25, -0.2) is 13.2 Å². The SMILES string of the molecule is CCN(c1ccc(OC)c(N2CCN(C(=O)OC(C)(C)C)CC2)c1)S(=O)(=O)c1cccc(OC(F)F)c1. The van der Waals surface area contributed by atoms with Crippen molar-refractivity contribution >= 4 is 27.5 Å². The van der Waals surface area contributed by atoms with Crippen LogP contribution in [0.15, 0.2) is 47.4 Å². The minimum absolute atomic E-state index is 0.0977. The fraction of sp³-hybridized carbons (Fsp3) is 0.480. The normalized spacial score (nSPS) is 14.5. The van der Waals surface area contributed by atoms with Crippen LogP contribution in [0.3, 0.4) is 0 Å². The number of hydrogen-bond acceptors (Lipinski definition) is 7. The summed E-state index contributed by atoms with van der Waals surface area (Å²) < 4.78 is 68.7. The van der Waals surface area contributed by atoms with Crippen LogP contribution in [0, 0.1) is 0 Å². The summed E-state index contributed by atoms with van der Waals surface area (Å²) in [6.07, 6.45) is -0.380. The van der Waals surface area contributed by atoms with Crippen LogP contribution in [0.5, 0.6) is 11.5 Å². The Morgan fingerprint density at radius 1 is 1.08 bits per heavy atom. The Bertz CT molecular complexity index is 1200. The minimum atomic E-state index is -4.09. The highest BCUT2D eigenvalue weighted by Crippen LogP contribution is 2.35. The van der Waals surface area contributed by atoms with Gasteiger partial charge < -0.3 is 24.0 Å². The number of anilines is 2. The van der Waals surface area contributed by atoms with E-state index in [0.717, 1.165) is 6.07 Å². The first-order chi connectivity index (χ1) is 17.4. The molecule has 1 saturated heterocycles. The maximum Gasteiger partial charge on any atom is 0.410 e. The quantitative estimate of drug-likeness (QED) is 0.484. The van der Waals surface area contributed by atoms with Crippen molar-refractivity contribution in [2.75, 3.05) is 49.0 Å². The van der Waals surface area contributed by atoms with Gasteiger partial charge in [-0.3, -0.25) is 4.31 Å². The zero-order valence-electron chi connectivity index (χ0n) is 21.6. The first-order valence-corrected chi connectivity index (χ1v) is 13.3. The molecule has 0 radical (unpaired) electrons. The molecule has 0 saturated carbocycles. The van der Waals surface area contributed by atoms with Gasteiger partial charge in [0.15, 0.2) is 0 Å². The second-order valence-corrected chi connectivity index (χ2v) is 11.2. The molecule has 9 nitrogen and oxygen atoms in total. The number of sulfonamides is 1. The lowest BCUT2D eigenvalue weighted by Crippen LogP contribution is -2.50. The second-order valence-electron chi connectivity index (χ2n) is 9.33. The number of amides is 1. The molecule has 1 amide bonds. The van der Waals surface area contributed by atoms with E-state index < -0.39 is 22.2 Å². The average molecular weight is 542 g/mol. The number of hydrogen-bond donors (Lipinski definition) is 0. The fourth-order valence-electron chi connectivity index (χ4n) is 3.97. The molecule has 0 spiro atoms. The summed E-state index contributed by atoms with van der Waals surface area (Å²) in [4.78, 5) is 15.9. The molecule has 0 aromatic heterocycles. The third-order valence-corrected chi connectivity index (χ3v) is 7.53. The van der Waals surface area contributed by atoms with Gasteiger partial charge in [0.25, 0.3) is 10.0 Å². The van der Waals surface area contributed by atoms with Crippen LogP contribution in [-0.2, 0) is 14.8 Å². The molecule has 0 unspecified atom stereocenters. The lowest BCUT2D eigenvalue weighted by Gasteiger charge is -2.37. The molecular formula is C25H33F2N3O6S. The topological polar surface area (TPSA) is 88.6 Å². The number of nitrogens with zero attached hydrogens (tertiary/aromatic N) is 3. The zero-order chi connectivity index (χ0) is 27.4. The minimum Gasteiger partial charge on any atom is -0.495 e. The predicted molar refractivity (Wildman–Crippen MR) is 136 cm³/mol. The van der Waals surface area contributed by atoms with Gasteiger partial charge in [-0.1, -0.05) is 6.07 Å². The monoisotopic (exact) mass is 541 g/mol. The van der Waals surface area contributed by atoms with Crippen molar-refractivity contribution in [2.45, 2.75) is 44.8 Å². The number of alkyl halides is 2. The smallest absolute Gasteiger partial charge is 0.410 e. The molecule has 2 aromatic carbocycles. The van der Waals surface area contributed by atoms with E-state index in [1.54, 1.807) is 30.0 Å². The predicted octanol–water partition coefficient (Wildman–Crippen LogP) is 4.57. The van der Waals surface area contributed by atoms with Crippen molar-refractivity contribution in [1.29, 1.82) is 0 Å². The number of rotatable bonds is 8. The number of methoxy groups -OCH3 is 1. The number of piperazine rings is 1. The van der Waals surface area contributed by atoms with Gasteiger partial charge in [-0.05, 0) is 58.0 Å². The molecule has 0 atom stereocenters. The van der Waals surface area contributed by atoms with Crippen molar-refractivity contribution in [1.82, 2.24) is 4.90 Å². The molecule has 1 aliphatic heterocycles. The van der Waals surface area contributed by atoms with E-state index >= 15 is 0 Å². The summed E-state index contributed by atoms with van der Waals surface area (Å²) in [5.74, 6) is 0.306. The number of halogens is 2. The third-order valence-electron chi connectivity index (χ3n) is 5.63. The molecule has 1 heterocycles. The molecule has 0 N–H and O–H groups in total. The van der Waals surface area contributed by atoms with Crippen molar-refractivity contribution in [3.05, 3.63) is 42.5 Å². The van der Waals surface area contributed by atoms with E-state index in [2.05, 4.69) is 4.74 Å². The number of benzene rings is 2. The summed E-state index contributed by atoms with van der Waals surface area (Å²) >= 11 is 0. The van der Waals surface area contributed by atoms with Crippen LogP contribution >= 0.6 is 0 Å². The Balaban J connectivity index is 1.86. The van der Waals surface area contributed by atoms with E-state index in [1.165, 1.54) is 29.6 Å². The number of carbonyl (C=O) groups is 1. The molecule has 12 heteroatoms. The summed E-state index contributed by atoms with van der Waals surface area (Å²) in [6.45, 7) is 5.98. The number of carbonyl (C=O) groups excluding carboxylic acids is 1. The first-order valence-electron chi connectivity index (χ1n) is 11.8. The van der Waals surface area contributed by atoms with E-state index in [-0.39, 0.29) is 23.3 Å². The molecule has 204 valence electrons. The van der Waals surface area contributed by atoms with Gasteiger partial charge >= 0.3 is 12.7 Å². The van der Waals surface area contributed by atoms with E-state index in [0.29, 0.717) is 43.3 Å². The van der Waals surface area contributed by atoms with Crippen LogP contribution in [0.2, 0.25) is 0 Å². The summed E-state index contributed by atoms with van der Waals surface area (Å²) in [7, 11) is -2.56. The van der Waals surface area contributed by atoms with Crippen LogP contribution in [0.25, 0.3) is 0 Å². The zero-order valence-corrected chi connectivity index (χ0v) is 22.4. The maximum atomic E-state index is 13.5. The highest BCUT2D eigenvalue weighted by Gasteiger charge is 2.29. The first kappa shape index (κ1) is 28.3. The largest absolute Gasteiger partial charge is 0.495 e. The van der Waals surface area contributed by atoms with Crippen molar-refractivity contribution < 1.29 is 36.2 Å². The molecule has 1 aliphatic rings. The van der Waals surface area contributed by atoms with Gasteiger partial charge in [0.1, 0.15) is 17.1 Å². The Hall–Kier alpha value is -3.28. The van der Waals surface area contributed by atoms with Gasteiger partial charge in [-0.15, -0.1) is 0 Å². The highest BCUT2D eigenvalue weighted by molar-refractivity contribution is 7.92. The van der Waals surface area contributed by atoms with Gasteiger partial charge in [0.2, 0.25) is 0 Å². The fourth-order valence-corrected chi connectivity index (χ4v) is 5.47. The summed E-state index contributed by atoms with van der Waals surface area (Å²) in [6, 6.07) is 10.0. The van der Waals surface area contributed by atoms with Crippen LogP contribution < -0.4 is 18.7 Å². The third kappa shape index (κ3) is 6.94. The molecule has 0 bridgehead atoms. The molecular weight excluding hydrogens is 508 g/mol. The van der Waals surface area contributed by atoms with Gasteiger partial charge in [-0.2, -0.15) is 8.78 Å². The highest BCUT2D eigenvalue weighted by atomic mass is 32.2. The standard InChI is InChI=1S/C25H33F2N3O6S/c1-6-30(37(32,33)20-9-7-8-19(17-20)35-23(26)27)18-10-11-22(34-5)21(16-18)28-12-14-29(15-13-28)24(31)36-25(2,3)4/h7-11,16-17,23H,6,12-15H2,1-5H3. The summed E-state index contributed by atoms with van der Waals surface area (Å²) in [5, 5.41) is 0. The van der Waals surface area contributed by atoms with Crippen LogP contribution in [0.4, 0.5) is 25.0 Å². The van der Waals surface area contributed by atoms with Gasteiger partial charge in [0, 0.05) is 38.8 Å². The lowest BCUT2D eigenvalue weighted by atomic mass is 10.2. The number of ether oxygens (including phenoxy) is 3.